The van der Waals surface area contributed by atoms with Crippen LogP contribution in [0, 0.1) is 17.6 Å². The summed E-state index contributed by atoms with van der Waals surface area (Å²) in [5, 5.41) is 4.90. The molecule has 1 aliphatic heterocycles. The van der Waals surface area contributed by atoms with Crippen molar-refractivity contribution in [2.45, 2.75) is 26.1 Å². The maximum absolute atomic E-state index is 13.4. The van der Waals surface area contributed by atoms with Crippen LogP contribution >= 0.6 is 0 Å². The predicted octanol–water partition coefficient (Wildman–Crippen LogP) is 2.88. The first kappa shape index (κ1) is 16.6. The summed E-state index contributed by atoms with van der Waals surface area (Å²) in [6.07, 6.45) is 0.627. The predicted molar refractivity (Wildman–Crippen MR) is 77.5 cm³/mol. The fraction of sp³-hybridized carbons (Fsp3) is 0.533. The summed E-state index contributed by atoms with van der Waals surface area (Å²) in [7, 11) is 0. The van der Waals surface area contributed by atoms with Gasteiger partial charge in [-0.2, -0.15) is 0 Å². The van der Waals surface area contributed by atoms with E-state index < -0.39 is 23.5 Å². The highest BCUT2D eigenvalue weighted by Crippen LogP contribution is 2.26. The molecule has 0 radical (unpaired) electrons. The van der Waals surface area contributed by atoms with Gasteiger partial charge in [-0.15, -0.1) is 0 Å². The first-order valence-corrected chi connectivity index (χ1v) is 7.16. The highest BCUT2D eigenvalue weighted by atomic mass is 19.1. The van der Waals surface area contributed by atoms with Gasteiger partial charge in [0.25, 0.3) is 0 Å². The molecule has 0 aromatic heterocycles. The van der Waals surface area contributed by atoms with Crippen molar-refractivity contribution in [1.29, 1.82) is 0 Å². The van der Waals surface area contributed by atoms with Gasteiger partial charge >= 0.3 is 6.03 Å². The quantitative estimate of drug-likeness (QED) is 0.878. The molecule has 1 aromatic carbocycles. The summed E-state index contributed by atoms with van der Waals surface area (Å²) in [6, 6.07) is 2.29. The van der Waals surface area contributed by atoms with Gasteiger partial charge in [0.1, 0.15) is 11.6 Å². The summed E-state index contributed by atoms with van der Waals surface area (Å²) in [4.78, 5) is 11.7. The minimum atomic E-state index is -0.690. The Morgan fingerprint density at radius 2 is 2.05 bits per heavy atom. The molecular formula is C15H20F2N2O3. The van der Waals surface area contributed by atoms with Gasteiger partial charge in [0.15, 0.2) is 5.79 Å². The van der Waals surface area contributed by atoms with E-state index in [0.717, 1.165) is 18.2 Å². The van der Waals surface area contributed by atoms with Gasteiger partial charge in [-0.05, 0) is 25.0 Å². The van der Waals surface area contributed by atoms with Crippen LogP contribution in [-0.2, 0) is 9.47 Å². The number of urea groups is 1. The summed E-state index contributed by atoms with van der Waals surface area (Å²) < 4.78 is 37.4. The Morgan fingerprint density at radius 1 is 1.36 bits per heavy atom. The van der Waals surface area contributed by atoms with Crippen molar-refractivity contribution < 1.29 is 23.0 Å². The molecule has 1 aliphatic rings. The van der Waals surface area contributed by atoms with Gasteiger partial charge < -0.3 is 20.1 Å². The monoisotopic (exact) mass is 314 g/mol. The molecule has 2 rings (SSSR count). The van der Waals surface area contributed by atoms with E-state index in [1.165, 1.54) is 0 Å². The number of benzene rings is 1. The molecule has 7 heteroatoms. The molecule has 1 saturated heterocycles. The van der Waals surface area contributed by atoms with Crippen LogP contribution in [0.25, 0.3) is 0 Å². The van der Waals surface area contributed by atoms with E-state index >= 15 is 0 Å². The van der Waals surface area contributed by atoms with E-state index in [9.17, 15) is 13.6 Å². The van der Waals surface area contributed by atoms with Gasteiger partial charge in [-0.1, -0.05) is 6.92 Å². The third-order valence-electron chi connectivity index (χ3n) is 3.41. The highest BCUT2D eigenvalue weighted by Gasteiger charge is 2.32. The SMILES string of the molecule is CC(CNC(=O)Nc1cc(F)ccc1F)CC1(C)OCCO1. The Labute approximate surface area is 128 Å². The van der Waals surface area contributed by atoms with E-state index in [1.807, 2.05) is 13.8 Å². The number of hydrogen-bond acceptors (Lipinski definition) is 3. The molecule has 0 spiro atoms. The van der Waals surface area contributed by atoms with Crippen LogP contribution < -0.4 is 10.6 Å². The lowest BCUT2D eigenvalue weighted by molar-refractivity contribution is -0.153. The number of hydrogen-bond donors (Lipinski definition) is 2. The summed E-state index contributed by atoms with van der Waals surface area (Å²) in [5.74, 6) is -1.82. The molecule has 0 bridgehead atoms. The van der Waals surface area contributed by atoms with Crippen LogP contribution in [0.4, 0.5) is 19.3 Å². The lowest BCUT2D eigenvalue weighted by atomic mass is 10.0. The van der Waals surface area contributed by atoms with E-state index in [2.05, 4.69) is 10.6 Å². The molecule has 122 valence electrons. The number of anilines is 1. The van der Waals surface area contributed by atoms with Crippen molar-refractivity contribution in [1.82, 2.24) is 5.32 Å². The van der Waals surface area contributed by atoms with Crippen LogP contribution in [0.15, 0.2) is 18.2 Å². The summed E-state index contributed by atoms with van der Waals surface area (Å²) >= 11 is 0. The van der Waals surface area contributed by atoms with Gasteiger partial charge in [0, 0.05) is 19.0 Å². The molecule has 1 aromatic rings. The molecule has 2 N–H and O–H groups in total. The van der Waals surface area contributed by atoms with Crippen molar-refractivity contribution >= 4 is 11.7 Å². The number of halogens is 2. The normalized spacial score (nSPS) is 18.0. The topological polar surface area (TPSA) is 59.6 Å². The molecule has 22 heavy (non-hydrogen) atoms. The van der Waals surface area contributed by atoms with E-state index in [0.29, 0.717) is 26.2 Å². The number of rotatable bonds is 5. The second-order valence-electron chi connectivity index (χ2n) is 5.60. The van der Waals surface area contributed by atoms with Crippen molar-refractivity contribution in [2.75, 3.05) is 25.1 Å². The zero-order valence-corrected chi connectivity index (χ0v) is 12.6. The van der Waals surface area contributed by atoms with Gasteiger partial charge in [-0.3, -0.25) is 0 Å². The van der Waals surface area contributed by atoms with Crippen LogP contribution in [-0.4, -0.2) is 31.6 Å². The minimum absolute atomic E-state index is 0.103. The fourth-order valence-corrected chi connectivity index (χ4v) is 2.41. The molecule has 1 fully saturated rings. The Kier molecular flexibility index (Phi) is 5.31. The fourth-order valence-electron chi connectivity index (χ4n) is 2.41. The van der Waals surface area contributed by atoms with Crippen LogP contribution in [0.3, 0.4) is 0 Å². The molecular weight excluding hydrogens is 294 g/mol. The third-order valence-corrected chi connectivity index (χ3v) is 3.41. The first-order valence-electron chi connectivity index (χ1n) is 7.16. The van der Waals surface area contributed by atoms with Crippen molar-refractivity contribution in [2.24, 2.45) is 5.92 Å². The number of nitrogens with one attached hydrogen (secondary N) is 2. The van der Waals surface area contributed by atoms with E-state index in [4.69, 9.17) is 9.47 Å². The maximum atomic E-state index is 13.4. The van der Waals surface area contributed by atoms with Gasteiger partial charge in [0.2, 0.25) is 0 Å². The zero-order valence-electron chi connectivity index (χ0n) is 12.6. The van der Waals surface area contributed by atoms with E-state index in [-0.39, 0.29) is 11.6 Å². The molecule has 2 amide bonds. The standard InChI is InChI=1S/C15H20F2N2O3/c1-10(8-15(2)21-5-6-22-15)9-18-14(20)19-13-7-11(16)3-4-12(13)17/h3-4,7,10H,5-6,8-9H2,1-2H3,(H2,18,19,20). The first-order chi connectivity index (χ1) is 10.4. The van der Waals surface area contributed by atoms with Crippen LogP contribution in [0.2, 0.25) is 0 Å². The lowest BCUT2D eigenvalue weighted by Crippen LogP contribution is -2.36. The molecule has 1 atom stereocenters. The Bertz CT molecular complexity index is 534. The molecule has 1 heterocycles. The number of amides is 2. The highest BCUT2D eigenvalue weighted by molar-refractivity contribution is 5.89. The Hall–Kier alpha value is -1.73. The Morgan fingerprint density at radius 3 is 2.73 bits per heavy atom. The number of ether oxygens (including phenoxy) is 2. The third kappa shape index (κ3) is 4.64. The second-order valence-corrected chi connectivity index (χ2v) is 5.60. The number of carbonyl (C=O) groups is 1. The van der Waals surface area contributed by atoms with Crippen LogP contribution in [0.5, 0.6) is 0 Å². The second kappa shape index (κ2) is 7.02. The summed E-state index contributed by atoms with van der Waals surface area (Å²) in [5.41, 5.74) is -0.195. The van der Waals surface area contributed by atoms with Crippen molar-refractivity contribution in [3.63, 3.8) is 0 Å². The lowest BCUT2D eigenvalue weighted by Gasteiger charge is -2.26. The number of carbonyl (C=O) groups excluding carboxylic acids is 1. The average molecular weight is 314 g/mol. The van der Waals surface area contributed by atoms with Crippen molar-refractivity contribution in [3.05, 3.63) is 29.8 Å². The van der Waals surface area contributed by atoms with Gasteiger partial charge in [-0.25, -0.2) is 13.6 Å². The largest absolute Gasteiger partial charge is 0.348 e. The van der Waals surface area contributed by atoms with Crippen molar-refractivity contribution in [3.8, 4) is 0 Å². The van der Waals surface area contributed by atoms with Crippen LogP contribution in [0.1, 0.15) is 20.3 Å². The molecule has 1 unspecified atom stereocenters. The van der Waals surface area contributed by atoms with E-state index in [1.54, 1.807) is 0 Å². The zero-order chi connectivity index (χ0) is 16.2. The average Bonchev–Trinajstić information content (AvgIpc) is 2.87. The Balaban J connectivity index is 1.78. The molecule has 0 aliphatic carbocycles. The maximum Gasteiger partial charge on any atom is 0.319 e. The smallest absolute Gasteiger partial charge is 0.319 e. The summed E-state index contributed by atoms with van der Waals surface area (Å²) in [6.45, 7) is 5.30. The minimum Gasteiger partial charge on any atom is -0.348 e. The van der Waals surface area contributed by atoms with Gasteiger partial charge in [0.05, 0.1) is 18.9 Å². The molecule has 0 saturated carbocycles. The molecule has 5 nitrogen and oxygen atoms in total.